The summed E-state index contributed by atoms with van der Waals surface area (Å²) in [6.45, 7) is 6.42. The van der Waals surface area contributed by atoms with Gasteiger partial charge >= 0.3 is 0 Å². The van der Waals surface area contributed by atoms with E-state index in [1.54, 1.807) is 0 Å². The van der Waals surface area contributed by atoms with Crippen molar-refractivity contribution in [3.05, 3.63) is 94.2 Å². The van der Waals surface area contributed by atoms with Crippen LogP contribution in [0.2, 0.25) is 0 Å². The van der Waals surface area contributed by atoms with E-state index < -0.39 is 0 Å². The van der Waals surface area contributed by atoms with Gasteiger partial charge in [-0.15, -0.1) is 0 Å². The largest absolute Gasteiger partial charge is 0.377 e. The number of fused-ring (bicyclic) bond motifs is 1. The van der Waals surface area contributed by atoms with Gasteiger partial charge in [-0.2, -0.15) is 0 Å². The minimum absolute atomic E-state index is 0.954. The van der Waals surface area contributed by atoms with E-state index >= 15 is 0 Å². The van der Waals surface area contributed by atoms with E-state index in [0.29, 0.717) is 0 Å². The highest BCUT2D eigenvalue weighted by molar-refractivity contribution is 6.05. The van der Waals surface area contributed by atoms with Gasteiger partial charge in [0.25, 0.3) is 0 Å². The van der Waals surface area contributed by atoms with Gasteiger partial charge in [0.2, 0.25) is 0 Å². The van der Waals surface area contributed by atoms with Crippen LogP contribution in [0.15, 0.2) is 71.4 Å². The number of aliphatic imine (C=N–C) groups is 1. The second-order valence-corrected chi connectivity index (χ2v) is 8.12. The molecule has 3 aromatic rings. The molecule has 1 aliphatic rings. The van der Waals surface area contributed by atoms with Crippen LogP contribution in [0.25, 0.3) is 16.3 Å². The molecule has 0 bridgehead atoms. The van der Waals surface area contributed by atoms with Crippen molar-refractivity contribution in [1.82, 2.24) is 4.90 Å². The Morgan fingerprint density at radius 3 is 2.38 bits per heavy atom. The summed E-state index contributed by atoms with van der Waals surface area (Å²) >= 11 is 0. The summed E-state index contributed by atoms with van der Waals surface area (Å²) in [4.78, 5) is 7.18. The minimum Gasteiger partial charge on any atom is -0.377 e. The lowest BCUT2D eigenvalue weighted by Crippen LogP contribution is -2.10. The second-order valence-electron chi connectivity index (χ2n) is 8.12. The zero-order valence-corrected chi connectivity index (χ0v) is 18.0. The number of benzene rings is 3. The molecule has 0 aliphatic heterocycles. The highest BCUT2D eigenvalue weighted by atomic mass is 15.1. The van der Waals surface area contributed by atoms with Crippen LogP contribution < -0.4 is 0 Å². The van der Waals surface area contributed by atoms with Gasteiger partial charge in [-0.05, 0) is 66.3 Å². The monoisotopic (exact) mass is 380 g/mol. The predicted octanol–water partition coefficient (Wildman–Crippen LogP) is 6.75. The van der Waals surface area contributed by atoms with Gasteiger partial charge in [0.15, 0.2) is 0 Å². The Kier molecular flexibility index (Phi) is 5.10. The van der Waals surface area contributed by atoms with Gasteiger partial charge in [0, 0.05) is 31.6 Å². The van der Waals surface area contributed by atoms with Crippen molar-refractivity contribution in [2.45, 2.75) is 27.2 Å². The number of allylic oxidation sites excluding steroid dienone is 3. The molecule has 1 aliphatic carbocycles. The number of nitrogens with zero attached hydrogens (tertiary/aromatic N) is 2. The maximum absolute atomic E-state index is 4.99. The zero-order chi connectivity index (χ0) is 20.5. The lowest BCUT2D eigenvalue weighted by atomic mass is 9.93. The quantitative estimate of drug-likeness (QED) is 0.457. The van der Waals surface area contributed by atoms with E-state index in [1.165, 1.54) is 49.9 Å². The normalized spacial score (nSPS) is 13.8. The van der Waals surface area contributed by atoms with Gasteiger partial charge in [0.1, 0.15) is 0 Å². The van der Waals surface area contributed by atoms with Crippen molar-refractivity contribution in [3.63, 3.8) is 0 Å². The average Bonchev–Trinajstić information content (AvgIpc) is 3.17. The van der Waals surface area contributed by atoms with Crippen LogP contribution in [0.4, 0.5) is 5.69 Å². The molecule has 0 N–H and O–H groups in total. The molecule has 2 heteroatoms. The van der Waals surface area contributed by atoms with E-state index in [-0.39, 0.29) is 0 Å². The van der Waals surface area contributed by atoms with Gasteiger partial charge in [-0.25, -0.2) is 0 Å². The van der Waals surface area contributed by atoms with E-state index in [2.05, 4.69) is 107 Å². The lowest BCUT2D eigenvalue weighted by Gasteiger charge is -2.18. The van der Waals surface area contributed by atoms with Crippen LogP contribution in [0.3, 0.4) is 0 Å². The second kappa shape index (κ2) is 7.71. The molecule has 0 fully saturated rings. The Labute approximate surface area is 173 Å². The topological polar surface area (TPSA) is 15.6 Å². The molecule has 146 valence electrons. The fourth-order valence-corrected chi connectivity index (χ4v) is 4.36. The van der Waals surface area contributed by atoms with Crippen molar-refractivity contribution in [1.29, 1.82) is 0 Å². The molecule has 3 aromatic carbocycles. The fraction of sp³-hybridized carbons (Fsp3) is 0.222. The van der Waals surface area contributed by atoms with Crippen molar-refractivity contribution in [2.24, 2.45) is 4.99 Å². The maximum atomic E-state index is 4.99. The van der Waals surface area contributed by atoms with E-state index in [0.717, 1.165) is 12.1 Å². The number of rotatable bonds is 4. The Bertz CT molecular complexity index is 1150. The number of hydrogen-bond acceptors (Lipinski definition) is 2. The summed E-state index contributed by atoms with van der Waals surface area (Å²) in [7, 11) is 4.22. The van der Waals surface area contributed by atoms with Crippen molar-refractivity contribution >= 4 is 28.2 Å². The summed E-state index contributed by atoms with van der Waals surface area (Å²) in [6.07, 6.45) is 7.49. The number of aryl methyl sites for hydroxylation is 3. The standard InChI is InChI=1S/C27H28N2/c1-18-15-19(2)27(20(3)16-18)28-17-25-22-10-7-6-9-21(22)13-14-23(25)24-11-8-12-26(24)29(4)5/h6-10,12-17H,11H2,1-5H3/b28-17+. The summed E-state index contributed by atoms with van der Waals surface area (Å²) < 4.78 is 0. The first kappa shape index (κ1) is 19.2. The minimum atomic E-state index is 0.954. The van der Waals surface area contributed by atoms with Crippen LogP contribution in [-0.2, 0) is 0 Å². The van der Waals surface area contributed by atoms with Gasteiger partial charge in [-0.1, -0.05) is 60.2 Å². The first-order valence-electron chi connectivity index (χ1n) is 10.2. The van der Waals surface area contributed by atoms with E-state index in [1.807, 2.05) is 0 Å². The molecule has 29 heavy (non-hydrogen) atoms. The molecule has 0 spiro atoms. The third-order valence-electron chi connectivity index (χ3n) is 5.64. The molecule has 0 radical (unpaired) electrons. The Hall–Kier alpha value is -3.13. The SMILES string of the molecule is Cc1cc(C)c(/N=C/c2c(C3=C(N(C)C)C=CC3)ccc3ccccc23)c(C)c1. The summed E-state index contributed by atoms with van der Waals surface area (Å²) in [5.41, 5.74) is 9.89. The van der Waals surface area contributed by atoms with E-state index in [9.17, 15) is 0 Å². The zero-order valence-electron chi connectivity index (χ0n) is 18.0. The van der Waals surface area contributed by atoms with Crippen molar-refractivity contribution in [3.8, 4) is 0 Å². The van der Waals surface area contributed by atoms with Gasteiger partial charge in [-0.3, -0.25) is 4.99 Å². The molecule has 0 amide bonds. The van der Waals surface area contributed by atoms with Crippen LogP contribution in [0.1, 0.15) is 34.2 Å². The molecule has 0 saturated carbocycles. The van der Waals surface area contributed by atoms with Gasteiger partial charge in [0.05, 0.1) is 5.69 Å². The summed E-state index contributed by atoms with van der Waals surface area (Å²) in [6, 6.07) is 17.5. The third kappa shape index (κ3) is 3.63. The third-order valence-corrected chi connectivity index (χ3v) is 5.64. The van der Waals surface area contributed by atoms with E-state index in [4.69, 9.17) is 4.99 Å². The number of likely N-dealkylation sites (N-methyl/N-ethyl adjacent to an activating group) is 1. The predicted molar refractivity (Wildman–Crippen MR) is 126 cm³/mol. The molecule has 0 saturated heterocycles. The van der Waals surface area contributed by atoms with Crippen LogP contribution in [-0.4, -0.2) is 25.2 Å². The Morgan fingerprint density at radius 1 is 0.931 bits per heavy atom. The first-order valence-corrected chi connectivity index (χ1v) is 10.2. The molecule has 0 unspecified atom stereocenters. The summed E-state index contributed by atoms with van der Waals surface area (Å²) in [5, 5.41) is 2.49. The molecule has 0 heterocycles. The Morgan fingerprint density at radius 2 is 1.66 bits per heavy atom. The fourth-order valence-electron chi connectivity index (χ4n) is 4.36. The molecule has 4 rings (SSSR count). The highest BCUT2D eigenvalue weighted by Gasteiger charge is 2.17. The number of hydrogen-bond donors (Lipinski definition) is 0. The Balaban J connectivity index is 1.93. The van der Waals surface area contributed by atoms with Crippen LogP contribution >= 0.6 is 0 Å². The first-order chi connectivity index (χ1) is 14.0. The molecular formula is C27H28N2. The maximum Gasteiger partial charge on any atom is 0.0688 e. The highest BCUT2D eigenvalue weighted by Crippen LogP contribution is 2.35. The van der Waals surface area contributed by atoms with Crippen molar-refractivity contribution < 1.29 is 0 Å². The molecule has 2 nitrogen and oxygen atoms in total. The van der Waals surface area contributed by atoms with Crippen LogP contribution in [0, 0.1) is 20.8 Å². The molecular weight excluding hydrogens is 352 g/mol. The molecule has 0 aromatic heterocycles. The van der Waals surface area contributed by atoms with Crippen molar-refractivity contribution in [2.75, 3.05) is 14.1 Å². The molecule has 0 atom stereocenters. The van der Waals surface area contributed by atoms with Gasteiger partial charge < -0.3 is 4.90 Å². The lowest BCUT2D eigenvalue weighted by molar-refractivity contribution is 0.533. The summed E-state index contributed by atoms with van der Waals surface area (Å²) in [5.74, 6) is 0. The smallest absolute Gasteiger partial charge is 0.0688 e. The average molecular weight is 381 g/mol. The van der Waals surface area contributed by atoms with Crippen LogP contribution in [0.5, 0.6) is 0 Å².